The fourth-order valence-electron chi connectivity index (χ4n) is 4.23. The standard InChI is InChI=1S/C17H22N2O3/c1-10(11-6-8-18-9-7-11)19-16(20)14-12-2-4-13(5-3-12)15(14)17(21)22/h6-10,12-15H,2-5H2,1H3,(H,19,20)(H,21,22). The van der Waals surface area contributed by atoms with Gasteiger partial charge in [0.15, 0.2) is 0 Å². The number of fused-ring (bicyclic) bond motifs is 3. The predicted octanol–water partition coefficient (Wildman–Crippen LogP) is 2.40. The van der Waals surface area contributed by atoms with E-state index in [4.69, 9.17) is 0 Å². The summed E-state index contributed by atoms with van der Waals surface area (Å²) in [6.07, 6.45) is 7.25. The summed E-state index contributed by atoms with van der Waals surface area (Å²) in [5, 5.41) is 12.5. The summed E-state index contributed by atoms with van der Waals surface area (Å²) >= 11 is 0. The van der Waals surface area contributed by atoms with Gasteiger partial charge in [0.25, 0.3) is 0 Å². The molecule has 1 aromatic rings. The van der Waals surface area contributed by atoms with Crippen molar-refractivity contribution in [1.82, 2.24) is 10.3 Å². The lowest BCUT2D eigenvalue weighted by molar-refractivity contribution is -0.158. The van der Waals surface area contributed by atoms with E-state index in [-0.39, 0.29) is 29.7 Å². The molecular formula is C17H22N2O3. The maximum atomic E-state index is 12.7. The van der Waals surface area contributed by atoms with Gasteiger partial charge in [0.05, 0.1) is 17.9 Å². The fourth-order valence-corrected chi connectivity index (χ4v) is 4.23. The summed E-state index contributed by atoms with van der Waals surface area (Å²) in [6.45, 7) is 1.92. The minimum atomic E-state index is -0.814. The maximum Gasteiger partial charge on any atom is 0.307 e. The molecule has 2 bridgehead atoms. The van der Waals surface area contributed by atoms with Crippen LogP contribution in [0.25, 0.3) is 0 Å². The van der Waals surface area contributed by atoms with E-state index in [9.17, 15) is 14.7 Å². The molecule has 4 rings (SSSR count). The van der Waals surface area contributed by atoms with E-state index in [0.29, 0.717) is 0 Å². The maximum absolute atomic E-state index is 12.7. The number of carbonyl (C=O) groups excluding carboxylic acids is 1. The highest BCUT2D eigenvalue weighted by atomic mass is 16.4. The van der Waals surface area contributed by atoms with Crippen molar-refractivity contribution in [2.75, 3.05) is 0 Å². The van der Waals surface area contributed by atoms with Gasteiger partial charge in [-0.2, -0.15) is 0 Å². The van der Waals surface area contributed by atoms with Gasteiger partial charge in [-0.25, -0.2) is 0 Å². The Morgan fingerprint density at radius 1 is 1.14 bits per heavy atom. The highest BCUT2D eigenvalue weighted by Gasteiger charge is 2.50. The molecule has 5 nitrogen and oxygen atoms in total. The molecular weight excluding hydrogens is 280 g/mol. The Morgan fingerprint density at radius 2 is 1.68 bits per heavy atom. The van der Waals surface area contributed by atoms with Gasteiger partial charge >= 0.3 is 5.97 Å². The number of carboxylic acids is 1. The lowest BCUT2D eigenvalue weighted by atomic mass is 9.58. The number of nitrogens with zero attached hydrogens (tertiary/aromatic N) is 1. The first-order valence-corrected chi connectivity index (χ1v) is 8.01. The van der Waals surface area contributed by atoms with E-state index in [1.807, 2.05) is 19.1 Å². The topological polar surface area (TPSA) is 79.3 Å². The number of aromatic nitrogens is 1. The van der Waals surface area contributed by atoms with Gasteiger partial charge in [-0.3, -0.25) is 14.6 Å². The Balaban J connectivity index is 1.74. The molecule has 1 amide bonds. The molecule has 3 aliphatic rings. The molecule has 3 aliphatic carbocycles. The fraction of sp³-hybridized carbons (Fsp3) is 0.588. The Bertz CT molecular complexity index is 552. The quantitative estimate of drug-likeness (QED) is 0.895. The Hall–Kier alpha value is -1.91. The summed E-state index contributed by atoms with van der Waals surface area (Å²) in [4.78, 5) is 28.3. The van der Waals surface area contributed by atoms with Gasteiger partial charge < -0.3 is 10.4 Å². The molecule has 118 valence electrons. The largest absolute Gasteiger partial charge is 0.481 e. The minimum absolute atomic E-state index is 0.105. The van der Waals surface area contributed by atoms with Crippen LogP contribution in [0.1, 0.15) is 44.2 Å². The second-order valence-electron chi connectivity index (χ2n) is 6.58. The lowest BCUT2D eigenvalue weighted by Gasteiger charge is -2.46. The zero-order chi connectivity index (χ0) is 15.7. The van der Waals surface area contributed by atoms with Gasteiger partial charge in [-0.15, -0.1) is 0 Å². The Kier molecular flexibility index (Phi) is 4.14. The van der Waals surface area contributed by atoms with Crippen LogP contribution in [0.4, 0.5) is 0 Å². The molecule has 0 aliphatic heterocycles. The number of aliphatic carboxylic acids is 1. The molecule has 0 spiro atoms. The number of pyridine rings is 1. The third-order valence-electron chi connectivity index (χ3n) is 5.37. The third-order valence-corrected chi connectivity index (χ3v) is 5.37. The second kappa shape index (κ2) is 6.07. The van der Waals surface area contributed by atoms with Crippen molar-refractivity contribution in [1.29, 1.82) is 0 Å². The molecule has 0 saturated heterocycles. The molecule has 1 aromatic heterocycles. The van der Waals surface area contributed by atoms with Crippen molar-refractivity contribution >= 4 is 11.9 Å². The number of carbonyl (C=O) groups is 2. The summed E-state index contributed by atoms with van der Waals surface area (Å²) in [5.74, 6) is -1.44. The molecule has 22 heavy (non-hydrogen) atoms. The van der Waals surface area contributed by atoms with Crippen LogP contribution in [-0.2, 0) is 9.59 Å². The highest BCUT2D eigenvalue weighted by Crippen LogP contribution is 2.49. The zero-order valence-electron chi connectivity index (χ0n) is 12.7. The molecule has 3 saturated carbocycles. The van der Waals surface area contributed by atoms with E-state index < -0.39 is 11.9 Å². The zero-order valence-corrected chi connectivity index (χ0v) is 12.7. The number of carboxylic acid groups (broad SMARTS) is 1. The number of rotatable bonds is 4. The third kappa shape index (κ3) is 2.72. The van der Waals surface area contributed by atoms with Crippen molar-refractivity contribution in [3.8, 4) is 0 Å². The smallest absolute Gasteiger partial charge is 0.307 e. The summed E-state index contributed by atoms with van der Waals surface area (Å²) in [6, 6.07) is 3.60. The van der Waals surface area contributed by atoms with E-state index in [2.05, 4.69) is 10.3 Å². The van der Waals surface area contributed by atoms with Crippen LogP contribution >= 0.6 is 0 Å². The molecule has 2 N–H and O–H groups in total. The van der Waals surface area contributed by atoms with Crippen LogP contribution in [0.15, 0.2) is 24.5 Å². The number of nitrogens with one attached hydrogen (secondary N) is 1. The molecule has 5 heteroatoms. The van der Waals surface area contributed by atoms with Gasteiger partial charge in [-0.05, 0) is 62.1 Å². The van der Waals surface area contributed by atoms with Crippen molar-refractivity contribution < 1.29 is 14.7 Å². The van der Waals surface area contributed by atoms with Crippen LogP contribution in [-0.4, -0.2) is 22.0 Å². The van der Waals surface area contributed by atoms with Crippen LogP contribution < -0.4 is 5.32 Å². The van der Waals surface area contributed by atoms with Crippen molar-refractivity contribution in [3.63, 3.8) is 0 Å². The molecule has 3 fully saturated rings. The predicted molar refractivity (Wildman–Crippen MR) is 80.9 cm³/mol. The van der Waals surface area contributed by atoms with E-state index in [1.165, 1.54) is 0 Å². The van der Waals surface area contributed by atoms with Gasteiger partial charge in [0.1, 0.15) is 0 Å². The number of hydrogen-bond donors (Lipinski definition) is 2. The first-order valence-electron chi connectivity index (χ1n) is 8.01. The average Bonchev–Trinajstić information content (AvgIpc) is 2.55. The monoisotopic (exact) mass is 302 g/mol. The number of amides is 1. The van der Waals surface area contributed by atoms with Crippen LogP contribution in [0.5, 0.6) is 0 Å². The summed E-state index contributed by atoms with van der Waals surface area (Å²) in [7, 11) is 0. The Labute approximate surface area is 130 Å². The van der Waals surface area contributed by atoms with Crippen molar-refractivity contribution in [2.45, 2.75) is 38.6 Å². The summed E-state index contributed by atoms with van der Waals surface area (Å²) < 4.78 is 0. The van der Waals surface area contributed by atoms with E-state index in [0.717, 1.165) is 31.2 Å². The van der Waals surface area contributed by atoms with Crippen LogP contribution in [0, 0.1) is 23.7 Å². The first-order chi connectivity index (χ1) is 10.6. The molecule has 3 atom stereocenters. The molecule has 1 heterocycles. The van der Waals surface area contributed by atoms with E-state index >= 15 is 0 Å². The molecule has 0 radical (unpaired) electrons. The van der Waals surface area contributed by atoms with Crippen molar-refractivity contribution in [3.05, 3.63) is 30.1 Å². The lowest BCUT2D eigenvalue weighted by Crippen LogP contribution is -2.51. The average molecular weight is 302 g/mol. The molecule has 3 unspecified atom stereocenters. The van der Waals surface area contributed by atoms with E-state index in [1.54, 1.807) is 12.4 Å². The first kappa shape index (κ1) is 15.0. The van der Waals surface area contributed by atoms with Crippen LogP contribution in [0.2, 0.25) is 0 Å². The minimum Gasteiger partial charge on any atom is -0.481 e. The van der Waals surface area contributed by atoms with Crippen molar-refractivity contribution in [2.24, 2.45) is 23.7 Å². The molecule has 0 aromatic carbocycles. The SMILES string of the molecule is CC(NC(=O)C1C2CCC(CC2)C1C(=O)O)c1ccncc1. The number of hydrogen-bond acceptors (Lipinski definition) is 3. The highest BCUT2D eigenvalue weighted by molar-refractivity contribution is 5.86. The van der Waals surface area contributed by atoms with Gasteiger partial charge in [-0.1, -0.05) is 0 Å². The normalized spacial score (nSPS) is 31.5. The second-order valence-corrected chi connectivity index (χ2v) is 6.58. The Morgan fingerprint density at radius 3 is 2.23 bits per heavy atom. The summed E-state index contributed by atoms with van der Waals surface area (Å²) in [5.41, 5.74) is 0.983. The van der Waals surface area contributed by atoms with Gasteiger partial charge in [0, 0.05) is 12.4 Å². The van der Waals surface area contributed by atoms with Gasteiger partial charge in [0.2, 0.25) is 5.91 Å². The van der Waals surface area contributed by atoms with Crippen LogP contribution in [0.3, 0.4) is 0 Å².